The Morgan fingerprint density at radius 1 is 0.875 bits per heavy atom. The zero-order chi connectivity index (χ0) is 29.1. The Morgan fingerprint density at radius 3 is 2.12 bits per heavy atom. The van der Waals surface area contributed by atoms with Gasteiger partial charge in [0, 0.05) is 24.4 Å². The molecule has 2 amide bonds. The van der Waals surface area contributed by atoms with Crippen LogP contribution in [0, 0.1) is 17.6 Å². The maximum atomic E-state index is 14.8. The molecule has 0 aliphatic heterocycles. The van der Waals surface area contributed by atoms with E-state index in [0.29, 0.717) is 11.6 Å². The smallest absolute Gasteiger partial charge is 0.428 e. The molecule has 1 atom stereocenters. The molecule has 0 heterocycles. The first kappa shape index (κ1) is 29.2. The lowest BCUT2D eigenvalue weighted by Gasteiger charge is -2.39. The fourth-order valence-corrected chi connectivity index (χ4v) is 4.67. The van der Waals surface area contributed by atoms with Crippen LogP contribution in [0.15, 0.2) is 72.8 Å². The number of rotatable bonds is 10. The normalized spacial score (nSPS) is 18.6. The SMILES string of the molecule is O=C(N[C@](Cc1ccccc1)(c1ccc(F)cc1)c1cc(F)cc(OC(F)(F)C(F)F)c1)N[C@H]1C[C@H](C(F)F)C1. The molecule has 2 N–H and O–H groups in total. The summed E-state index contributed by atoms with van der Waals surface area (Å²) in [5.74, 6) is -3.61. The molecular formula is C28H24F8N2O2. The predicted molar refractivity (Wildman–Crippen MR) is 129 cm³/mol. The van der Waals surface area contributed by atoms with Crippen LogP contribution in [0.1, 0.15) is 29.5 Å². The number of benzene rings is 3. The van der Waals surface area contributed by atoms with Crippen molar-refractivity contribution in [3.63, 3.8) is 0 Å². The quantitative estimate of drug-likeness (QED) is 0.257. The van der Waals surface area contributed by atoms with Gasteiger partial charge >= 0.3 is 18.6 Å². The van der Waals surface area contributed by atoms with Gasteiger partial charge in [0.25, 0.3) is 0 Å². The lowest BCUT2D eigenvalue weighted by atomic mass is 9.77. The first-order chi connectivity index (χ1) is 18.9. The number of carbonyl (C=O) groups excluding carboxylic acids is 1. The van der Waals surface area contributed by atoms with Crippen molar-refractivity contribution in [3.05, 3.63) is 101 Å². The fraction of sp³-hybridized carbons (Fsp3) is 0.321. The van der Waals surface area contributed by atoms with Gasteiger partial charge in [-0.25, -0.2) is 22.4 Å². The Bertz CT molecular complexity index is 1300. The minimum Gasteiger partial charge on any atom is -0.428 e. The third kappa shape index (κ3) is 6.65. The molecule has 1 aliphatic rings. The van der Waals surface area contributed by atoms with Crippen LogP contribution in [-0.4, -0.2) is 31.0 Å². The highest BCUT2D eigenvalue weighted by molar-refractivity contribution is 5.76. The molecule has 0 bridgehead atoms. The summed E-state index contributed by atoms with van der Waals surface area (Å²) in [4.78, 5) is 13.2. The third-order valence-corrected chi connectivity index (χ3v) is 6.71. The molecule has 0 saturated heterocycles. The monoisotopic (exact) mass is 572 g/mol. The highest BCUT2D eigenvalue weighted by Gasteiger charge is 2.45. The topological polar surface area (TPSA) is 50.4 Å². The van der Waals surface area contributed by atoms with Gasteiger partial charge in [0.2, 0.25) is 6.43 Å². The summed E-state index contributed by atoms with van der Waals surface area (Å²) in [6.07, 6.45) is -11.8. The molecule has 0 aromatic heterocycles. The number of hydrogen-bond acceptors (Lipinski definition) is 2. The van der Waals surface area contributed by atoms with Crippen molar-refractivity contribution >= 4 is 6.03 Å². The number of hydrogen-bond donors (Lipinski definition) is 2. The van der Waals surface area contributed by atoms with E-state index in [1.54, 1.807) is 30.3 Å². The molecule has 1 aliphatic carbocycles. The largest absolute Gasteiger partial charge is 0.461 e. The number of nitrogens with one attached hydrogen (secondary N) is 2. The van der Waals surface area contributed by atoms with Gasteiger partial charge in [-0.3, -0.25) is 0 Å². The van der Waals surface area contributed by atoms with Crippen molar-refractivity contribution in [2.45, 2.75) is 49.8 Å². The van der Waals surface area contributed by atoms with Crippen LogP contribution in [0.5, 0.6) is 5.75 Å². The van der Waals surface area contributed by atoms with E-state index in [4.69, 9.17) is 0 Å². The maximum absolute atomic E-state index is 14.8. The summed E-state index contributed by atoms with van der Waals surface area (Å²) in [6.45, 7) is 0. The van der Waals surface area contributed by atoms with E-state index in [1.807, 2.05) is 0 Å². The minimum absolute atomic E-state index is 0.0218. The summed E-state index contributed by atoms with van der Waals surface area (Å²) < 4.78 is 112. The van der Waals surface area contributed by atoms with Gasteiger partial charge in [-0.15, -0.1) is 0 Å². The van der Waals surface area contributed by atoms with Gasteiger partial charge < -0.3 is 15.4 Å². The average molecular weight is 572 g/mol. The summed E-state index contributed by atoms with van der Waals surface area (Å²) in [5.41, 5.74) is -1.22. The van der Waals surface area contributed by atoms with Gasteiger partial charge in [-0.05, 0) is 53.8 Å². The fourth-order valence-electron chi connectivity index (χ4n) is 4.67. The molecule has 1 fully saturated rings. The summed E-state index contributed by atoms with van der Waals surface area (Å²) in [7, 11) is 0. The number of carbonyl (C=O) groups is 1. The molecule has 214 valence electrons. The lowest BCUT2D eigenvalue weighted by molar-refractivity contribution is -0.253. The van der Waals surface area contributed by atoms with Crippen LogP contribution in [0.3, 0.4) is 0 Å². The van der Waals surface area contributed by atoms with Crippen LogP contribution in [0.25, 0.3) is 0 Å². The first-order valence-corrected chi connectivity index (χ1v) is 12.2. The van der Waals surface area contributed by atoms with Gasteiger partial charge in [-0.2, -0.15) is 17.6 Å². The molecular weight excluding hydrogens is 548 g/mol. The number of halogens is 8. The first-order valence-electron chi connectivity index (χ1n) is 12.2. The number of ether oxygens (including phenoxy) is 1. The number of urea groups is 1. The van der Waals surface area contributed by atoms with Crippen molar-refractivity contribution in [3.8, 4) is 5.75 Å². The summed E-state index contributed by atoms with van der Waals surface area (Å²) in [5, 5.41) is 5.27. The Labute approximate surface area is 224 Å². The van der Waals surface area contributed by atoms with Crippen LogP contribution >= 0.6 is 0 Å². The van der Waals surface area contributed by atoms with E-state index in [9.17, 15) is 39.9 Å². The second-order valence-corrected chi connectivity index (χ2v) is 9.58. The lowest BCUT2D eigenvalue weighted by Crippen LogP contribution is -2.56. The van der Waals surface area contributed by atoms with Crippen LogP contribution in [0.4, 0.5) is 39.9 Å². The molecule has 0 radical (unpaired) electrons. The second-order valence-electron chi connectivity index (χ2n) is 9.58. The predicted octanol–water partition coefficient (Wildman–Crippen LogP) is 7.03. The van der Waals surface area contributed by atoms with E-state index in [2.05, 4.69) is 15.4 Å². The van der Waals surface area contributed by atoms with Crippen molar-refractivity contribution < 1.29 is 44.7 Å². The number of amides is 2. The number of alkyl halides is 6. The van der Waals surface area contributed by atoms with Gasteiger partial charge in [0.05, 0.1) is 5.54 Å². The Hall–Kier alpha value is -3.83. The molecule has 0 unspecified atom stereocenters. The Morgan fingerprint density at radius 2 is 1.52 bits per heavy atom. The second kappa shape index (κ2) is 11.7. The molecule has 1 saturated carbocycles. The highest BCUT2D eigenvalue weighted by atomic mass is 19.3. The van der Waals surface area contributed by atoms with Gasteiger partial charge in [0.1, 0.15) is 17.4 Å². The van der Waals surface area contributed by atoms with Crippen molar-refractivity contribution in [2.75, 3.05) is 0 Å². The van der Waals surface area contributed by atoms with E-state index in [1.165, 1.54) is 12.1 Å². The van der Waals surface area contributed by atoms with Crippen LogP contribution < -0.4 is 15.4 Å². The molecule has 12 heteroatoms. The van der Waals surface area contributed by atoms with Crippen molar-refractivity contribution in [1.82, 2.24) is 10.6 Å². The molecule has 4 rings (SSSR count). The third-order valence-electron chi connectivity index (χ3n) is 6.71. The van der Waals surface area contributed by atoms with Crippen molar-refractivity contribution in [1.29, 1.82) is 0 Å². The summed E-state index contributed by atoms with van der Waals surface area (Å²) >= 11 is 0. The average Bonchev–Trinajstić information content (AvgIpc) is 2.85. The van der Waals surface area contributed by atoms with Crippen molar-refractivity contribution in [2.24, 2.45) is 5.92 Å². The van der Waals surface area contributed by atoms with Gasteiger partial charge in [-0.1, -0.05) is 42.5 Å². The van der Waals surface area contributed by atoms with E-state index in [-0.39, 0.29) is 30.4 Å². The zero-order valence-electron chi connectivity index (χ0n) is 20.7. The maximum Gasteiger partial charge on any atom is 0.461 e. The van der Waals surface area contributed by atoms with E-state index < -0.39 is 59.9 Å². The van der Waals surface area contributed by atoms with E-state index >= 15 is 0 Å². The zero-order valence-corrected chi connectivity index (χ0v) is 20.7. The minimum atomic E-state index is -4.95. The van der Waals surface area contributed by atoms with Crippen LogP contribution in [0.2, 0.25) is 0 Å². The molecule has 4 nitrogen and oxygen atoms in total. The van der Waals surface area contributed by atoms with Gasteiger partial charge in [0.15, 0.2) is 0 Å². The Balaban J connectivity index is 1.80. The molecule has 0 spiro atoms. The molecule has 40 heavy (non-hydrogen) atoms. The van der Waals surface area contributed by atoms with Crippen LogP contribution in [-0.2, 0) is 12.0 Å². The highest BCUT2D eigenvalue weighted by Crippen LogP contribution is 2.38. The Kier molecular flexibility index (Phi) is 8.55. The van der Waals surface area contributed by atoms with E-state index in [0.717, 1.165) is 24.3 Å². The molecule has 3 aromatic carbocycles. The molecule has 3 aromatic rings. The standard InChI is InChI=1S/C28H24F8N2O2/c29-20-8-6-18(7-9-20)27(15-16-4-2-1-3-5-16,38-26(39)37-22-10-17(11-22)24(31)32)19-12-21(30)14-23(13-19)40-28(35,36)25(33)34/h1-9,12-14,17,22,24-25H,10-11,15H2,(H2,37,38,39)/t17-,22-,27-/m1/s1. The summed E-state index contributed by atoms with van der Waals surface area (Å²) in [6, 6.07) is 13.9.